The monoisotopic (exact) mass is 461 g/mol. The van der Waals surface area contributed by atoms with Gasteiger partial charge in [0.2, 0.25) is 0 Å². The summed E-state index contributed by atoms with van der Waals surface area (Å²) >= 11 is 0. The number of carbonyl (C=O) groups excluding carboxylic acids is 2. The van der Waals surface area contributed by atoms with E-state index in [1.807, 2.05) is 6.92 Å². The van der Waals surface area contributed by atoms with Crippen molar-refractivity contribution in [3.63, 3.8) is 0 Å². The molecule has 1 aliphatic carbocycles. The topological polar surface area (TPSA) is 119 Å². The summed E-state index contributed by atoms with van der Waals surface area (Å²) in [4.78, 5) is 24.2. The van der Waals surface area contributed by atoms with Gasteiger partial charge in [-0.25, -0.2) is 0 Å². The van der Waals surface area contributed by atoms with Crippen LogP contribution in [0.25, 0.3) is 0 Å². The Bertz CT molecular complexity index is 1230. The van der Waals surface area contributed by atoms with Crippen LogP contribution < -0.4 is 15.2 Å². The molecule has 0 aromatic heterocycles. The van der Waals surface area contributed by atoms with Gasteiger partial charge in [-0.15, -0.1) is 0 Å². The van der Waals surface area contributed by atoms with Crippen molar-refractivity contribution in [1.82, 2.24) is 0 Å². The lowest BCUT2D eigenvalue weighted by atomic mass is 10.0. The number of ether oxygens (including phenoxy) is 2. The van der Waals surface area contributed by atoms with Crippen molar-refractivity contribution in [3.05, 3.63) is 82.4 Å². The van der Waals surface area contributed by atoms with Crippen LogP contribution in [0.5, 0.6) is 23.0 Å². The Kier molecular flexibility index (Phi) is 6.72. The number of carbonyl (C=O) groups is 2. The summed E-state index contributed by atoms with van der Waals surface area (Å²) in [5.41, 5.74) is 7.27. The first-order valence-electron chi connectivity index (χ1n) is 11.2. The summed E-state index contributed by atoms with van der Waals surface area (Å²) < 4.78 is 11.7. The second kappa shape index (κ2) is 9.87. The predicted octanol–water partition coefficient (Wildman–Crippen LogP) is 4.64. The molecule has 0 bridgehead atoms. The zero-order valence-electron chi connectivity index (χ0n) is 18.9. The summed E-state index contributed by atoms with van der Waals surface area (Å²) in [6.45, 7) is 1.97. The lowest BCUT2D eigenvalue weighted by molar-refractivity contribution is 0.0995. The molecule has 176 valence electrons. The van der Waals surface area contributed by atoms with Gasteiger partial charge in [-0.05, 0) is 86.2 Å². The highest BCUT2D eigenvalue weighted by Gasteiger charge is 2.19. The molecule has 1 fully saturated rings. The van der Waals surface area contributed by atoms with Gasteiger partial charge in [-0.1, -0.05) is 6.07 Å². The summed E-state index contributed by atoms with van der Waals surface area (Å²) in [6.07, 6.45) is 4.48. The molecule has 0 spiro atoms. The normalized spacial score (nSPS) is 13.6. The maximum Gasteiger partial charge on any atom is 0.252 e. The zero-order valence-corrected chi connectivity index (χ0v) is 18.9. The van der Waals surface area contributed by atoms with E-state index in [4.69, 9.17) is 15.2 Å². The summed E-state index contributed by atoms with van der Waals surface area (Å²) in [5.74, 6) is -0.187. The molecule has 4 N–H and O–H groups in total. The second-order valence-corrected chi connectivity index (χ2v) is 8.52. The van der Waals surface area contributed by atoms with Crippen LogP contribution in [-0.2, 0) is 6.61 Å². The second-order valence-electron chi connectivity index (χ2n) is 8.52. The number of aromatic hydroxyl groups is 2. The molecule has 7 heteroatoms. The van der Waals surface area contributed by atoms with Crippen molar-refractivity contribution in [2.75, 3.05) is 0 Å². The first kappa shape index (κ1) is 23.2. The molecule has 0 unspecified atom stereocenters. The van der Waals surface area contributed by atoms with Crippen LogP contribution in [-0.4, -0.2) is 28.0 Å². The first-order chi connectivity index (χ1) is 16.3. The van der Waals surface area contributed by atoms with E-state index in [-0.39, 0.29) is 41.1 Å². The standard InChI is InChI=1S/C27H27NO6/c1-16-12-18(7-11-25(16)33-15-17-6-9-22(27(28)32)23(29)13-17)26(31)21-10-8-20(14-24(21)30)34-19-4-2-3-5-19/h6-14,19,29-30H,2-5,15H2,1H3,(H2,28,32). The Morgan fingerprint density at radius 1 is 0.941 bits per heavy atom. The van der Waals surface area contributed by atoms with Crippen molar-refractivity contribution in [3.8, 4) is 23.0 Å². The predicted molar refractivity (Wildman–Crippen MR) is 127 cm³/mol. The Balaban J connectivity index is 1.43. The fraction of sp³-hybridized carbons (Fsp3) is 0.259. The molecule has 4 rings (SSSR count). The SMILES string of the molecule is Cc1cc(C(=O)c2ccc(OC3CCCC3)cc2O)ccc1OCc1ccc(C(N)=O)c(O)c1. The number of amides is 1. The molecule has 0 saturated heterocycles. The third-order valence-corrected chi connectivity index (χ3v) is 5.98. The van der Waals surface area contributed by atoms with E-state index in [1.165, 1.54) is 18.2 Å². The summed E-state index contributed by atoms with van der Waals surface area (Å²) in [7, 11) is 0. The molecule has 34 heavy (non-hydrogen) atoms. The molecular weight excluding hydrogens is 434 g/mol. The van der Waals surface area contributed by atoms with Crippen molar-refractivity contribution in [2.45, 2.75) is 45.3 Å². The van der Waals surface area contributed by atoms with Crippen molar-refractivity contribution >= 4 is 11.7 Å². The van der Waals surface area contributed by atoms with E-state index >= 15 is 0 Å². The van der Waals surface area contributed by atoms with E-state index < -0.39 is 5.91 Å². The highest BCUT2D eigenvalue weighted by molar-refractivity contribution is 6.10. The molecule has 1 aliphatic rings. The minimum absolute atomic E-state index is 0.0455. The maximum absolute atomic E-state index is 13.0. The van der Waals surface area contributed by atoms with Gasteiger partial charge < -0.3 is 25.4 Å². The maximum atomic E-state index is 13.0. The molecule has 1 saturated carbocycles. The van der Waals surface area contributed by atoms with E-state index in [0.717, 1.165) is 31.2 Å². The first-order valence-corrected chi connectivity index (χ1v) is 11.2. The van der Waals surface area contributed by atoms with Crippen LogP contribution >= 0.6 is 0 Å². The molecule has 0 radical (unpaired) electrons. The Morgan fingerprint density at radius 3 is 2.29 bits per heavy atom. The fourth-order valence-corrected chi connectivity index (χ4v) is 4.12. The number of hydrogen-bond donors (Lipinski definition) is 3. The number of phenols is 2. The van der Waals surface area contributed by atoms with Crippen LogP contribution in [0.2, 0.25) is 0 Å². The Morgan fingerprint density at radius 2 is 1.65 bits per heavy atom. The largest absolute Gasteiger partial charge is 0.507 e. The van der Waals surface area contributed by atoms with Gasteiger partial charge in [0, 0.05) is 11.6 Å². The van der Waals surface area contributed by atoms with Crippen LogP contribution in [0, 0.1) is 6.92 Å². The van der Waals surface area contributed by atoms with Crippen LogP contribution in [0.3, 0.4) is 0 Å². The Hall–Kier alpha value is -4.00. The number of benzene rings is 3. The van der Waals surface area contributed by atoms with Gasteiger partial charge in [0.25, 0.3) is 5.91 Å². The highest BCUT2D eigenvalue weighted by atomic mass is 16.5. The summed E-state index contributed by atoms with van der Waals surface area (Å²) in [5, 5.41) is 20.3. The molecular formula is C27H27NO6. The summed E-state index contributed by atoms with van der Waals surface area (Å²) in [6, 6.07) is 14.4. The van der Waals surface area contributed by atoms with E-state index in [0.29, 0.717) is 22.6 Å². The van der Waals surface area contributed by atoms with E-state index in [2.05, 4.69) is 0 Å². The zero-order chi connectivity index (χ0) is 24.2. The third-order valence-electron chi connectivity index (χ3n) is 5.98. The lowest BCUT2D eigenvalue weighted by Gasteiger charge is -2.14. The van der Waals surface area contributed by atoms with Gasteiger partial charge >= 0.3 is 0 Å². The van der Waals surface area contributed by atoms with E-state index in [9.17, 15) is 19.8 Å². The van der Waals surface area contributed by atoms with Crippen LogP contribution in [0.15, 0.2) is 54.6 Å². The molecule has 0 atom stereocenters. The highest BCUT2D eigenvalue weighted by Crippen LogP contribution is 2.30. The third kappa shape index (κ3) is 5.14. The van der Waals surface area contributed by atoms with E-state index in [1.54, 1.807) is 36.4 Å². The average molecular weight is 462 g/mol. The smallest absolute Gasteiger partial charge is 0.252 e. The van der Waals surface area contributed by atoms with Crippen molar-refractivity contribution in [2.24, 2.45) is 5.73 Å². The molecule has 0 aliphatic heterocycles. The van der Waals surface area contributed by atoms with Crippen molar-refractivity contribution < 1.29 is 29.3 Å². The number of rotatable bonds is 8. The quantitative estimate of drug-likeness (QED) is 0.421. The number of aryl methyl sites for hydroxylation is 1. The number of nitrogens with two attached hydrogens (primary N) is 1. The van der Waals surface area contributed by atoms with Gasteiger partial charge in [-0.3, -0.25) is 9.59 Å². The lowest BCUT2D eigenvalue weighted by Crippen LogP contribution is -2.11. The van der Waals surface area contributed by atoms with Crippen molar-refractivity contribution in [1.29, 1.82) is 0 Å². The minimum atomic E-state index is -0.705. The van der Waals surface area contributed by atoms with Gasteiger partial charge in [0.05, 0.1) is 17.2 Å². The fourth-order valence-electron chi connectivity index (χ4n) is 4.12. The van der Waals surface area contributed by atoms with Gasteiger partial charge in [0.15, 0.2) is 5.78 Å². The molecule has 3 aromatic rings. The minimum Gasteiger partial charge on any atom is -0.507 e. The van der Waals surface area contributed by atoms with Gasteiger partial charge in [0.1, 0.15) is 29.6 Å². The number of ketones is 1. The van der Waals surface area contributed by atoms with Gasteiger partial charge in [-0.2, -0.15) is 0 Å². The molecule has 0 heterocycles. The Labute approximate surface area is 197 Å². The number of hydrogen-bond acceptors (Lipinski definition) is 6. The molecule has 3 aromatic carbocycles. The average Bonchev–Trinajstić information content (AvgIpc) is 3.31. The number of phenolic OH excluding ortho intramolecular Hbond substituents is 1. The van der Waals surface area contributed by atoms with Crippen LogP contribution in [0.4, 0.5) is 0 Å². The van der Waals surface area contributed by atoms with Crippen LogP contribution in [0.1, 0.15) is 63.1 Å². The number of primary amides is 1. The molecule has 1 amide bonds. The molecule has 7 nitrogen and oxygen atoms in total.